The number of hydrogen-bond donors (Lipinski definition) is 1. The van der Waals surface area contributed by atoms with E-state index in [4.69, 9.17) is 4.74 Å². The third-order valence-corrected chi connectivity index (χ3v) is 6.20. The lowest BCUT2D eigenvalue weighted by Gasteiger charge is -2.29. The van der Waals surface area contributed by atoms with E-state index in [1.54, 1.807) is 11.8 Å². The zero-order chi connectivity index (χ0) is 21.5. The molecule has 6 heteroatoms. The Labute approximate surface area is 192 Å². The molecule has 2 aromatic carbocycles. The molecular weight excluding hydrogens is 491 g/mol. The lowest BCUT2D eigenvalue weighted by Crippen LogP contribution is -2.50. The fraction of sp³-hybridized carbons (Fsp3) is 0.417. The Hall–Kier alpha value is -2.09. The van der Waals surface area contributed by atoms with Crippen LogP contribution in [0.2, 0.25) is 0 Å². The van der Waals surface area contributed by atoms with Gasteiger partial charge in [0.2, 0.25) is 5.91 Å². The van der Waals surface area contributed by atoms with Gasteiger partial charge >= 0.3 is 0 Å². The van der Waals surface area contributed by atoms with Gasteiger partial charge < -0.3 is 15.0 Å². The number of rotatable bonds is 8. The largest absolute Gasteiger partial charge is 0.484 e. The number of aryl methyl sites for hydroxylation is 1. The minimum atomic E-state index is -0.570. The molecule has 0 aromatic heterocycles. The predicted octanol–water partition coefficient (Wildman–Crippen LogP) is 4.45. The molecule has 1 aliphatic carbocycles. The molecule has 0 aliphatic heterocycles. The van der Waals surface area contributed by atoms with Crippen LogP contribution in [0.5, 0.6) is 5.75 Å². The minimum absolute atomic E-state index is 0.0998. The highest BCUT2D eigenvalue weighted by atomic mass is 127. The van der Waals surface area contributed by atoms with E-state index in [9.17, 15) is 9.59 Å². The molecule has 1 fully saturated rings. The van der Waals surface area contributed by atoms with Crippen LogP contribution < -0.4 is 10.1 Å². The van der Waals surface area contributed by atoms with E-state index in [-0.39, 0.29) is 24.5 Å². The molecule has 2 amide bonds. The summed E-state index contributed by atoms with van der Waals surface area (Å²) in [5.74, 6) is 0.337. The van der Waals surface area contributed by atoms with Crippen LogP contribution in [0.3, 0.4) is 0 Å². The van der Waals surface area contributed by atoms with Crippen LogP contribution in [-0.2, 0) is 16.1 Å². The number of ether oxygens (including phenoxy) is 1. The van der Waals surface area contributed by atoms with Gasteiger partial charge in [0.1, 0.15) is 11.8 Å². The van der Waals surface area contributed by atoms with Gasteiger partial charge in [-0.25, -0.2) is 0 Å². The first kappa shape index (κ1) is 22.6. The van der Waals surface area contributed by atoms with Crippen LogP contribution in [0, 0.1) is 10.5 Å². The summed E-state index contributed by atoms with van der Waals surface area (Å²) >= 11 is 2.22. The number of hydrogen-bond acceptors (Lipinski definition) is 3. The van der Waals surface area contributed by atoms with Crippen molar-refractivity contribution in [2.75, 3.05) is 6.61 Å². The number of nitrogens with zero attached hydrogens (tertiary/aromatic N) is 1. The minimum Gasteiger partial charge on any atom is -0.484 e. The summed E-state index contributed by atoms with van der Waals surface area (Å²) in [6, 6.07) is 15.2. The molecule has 5 nitrogen and oxygen atoms in total. The molecule has 1 atom stereocenters. The van der Waals surface area contributed by atoms with E-state index in [2.05, 4.69) is 27.9 Å². The summed E-state index contributed by atoms with van der Waals surface area (Å²) in [5.41, 5.74) is 2.12. The Morgan fingerprint density at radius 3 is 2.53 bits per heavy atom. The summed E-state index contributed by atoms with van der Waals surface area (Å²) in [6.07, 6.45) is 4.32. The Kier molecular flexibility index (Phi) is 8.13. The molecule has 1 saturated carbocycles. The maximum absolute atomic E-state index is 13.1. The van der Waals surface area contributed by atoms with Gasteiger partial charge in [-0.2, -0.15) is 0 Å². The average molecular weight is 520 g/mol. The SMILES string of the molecule is Cc1cccc(CN(C(=O)COc2ccc(I)cc2)[C@@H](C)C(=O)NC2CCCC2)c1. The van der Waals surface area contributed by atoms with Gasteiger partial charge in [-0.1, -0.05) is 42.7 Å². The number of nitrogens with one attached hydrogen (secondary N) is 1. The maximum Gasteiger partial charge on any atom is 0.261 e. The van der Waals surface area contributed by atoms with Crippen LogP contribution in [0.25, 0.3) is 0 Å². The second-order valence-electron chi connectivity index (χ2n) is 7.92. The predicted molar refractivity (Wildman–Crippen MR) is 126 cm³/mol. The Morgan fingerprint density at radius 1 is 1.17 bits per heavy atom. The fourth-order valence-corrected chi connectivity index (χ4v) is 4.10. The summed E-state index contributed by atoms with van der Waals surface area (Å²) in [4.78, 5) is 27.6. The molecule has 160 valence electrons. The second kappa shape index (κ2) is 10.8. The second-order valence-corrected chi connectivity index (χ2v) is 9.16. The third-order valence-electron chi connectivity index (χ3n) is 5.48. The molecule has 30 heavy (non-hydrogen) atoms. The lowest BCUT2D eigenvalue weighted by molar-refractivity contribution is -0.142. The van der Waals surface area contributed by atoms with Gasteiger partial charge in [0.15, 0.2) is 6.61 Å². The highest BCUT2D eigenvalue weighted by Crippen LogP contribution is 2.19. The first-order valence-corrected chi connectivity index (χ1v) is 11.5. The summed E-state index contributed by atoms with van der Waals surface area (Å²) in [6.45, 7) is 4.08. The van der Waals surface area contributed by atoms with Gasteiger partial charge in [0.05, 0.1) is 0 Å². The van der Waals surface area contributed by atoms with Crippen molar-refractivity contribution in [2.24, 2.45) is 0 Å². The lowest BCUT2D eigenvalue weighted by atomic mass is 10.1. The molecule has 0 radical (unpaired) electrons. The highest BCUT2D eigenvalue weighted by molar-refractivity contribution is 14.1. The maximum atomic E-state index is 13.1. The van der Waals surface area contributed by atoms with E-state index in [0.717, 1.165) is 40.4 Å². The van der Waals surface area contributed by atoms with Crippen molar-refractivity contribution in [3.05, 3.63) is 63.2 Å². The Balaban J connectivity index is 1.70. The van der Waals surface area contributed by atoms with Gasteiger partial charge in [-0.05, 0) is 79.1 Å². The fourth-order valence-electron chi connectivity index (χ4n) is 3.74. The van der Waals surface area contributed by atoms with E-state index in [1.165, 1.54) is 0 Å². The van der Waals surface area contributed by atoms with Crippen molar-refractivity contribution in [1.82, 2.24) is 10.2 Å². The van der Waals surface area contributed by atoms with Crippen molar-refractivity contribution in [2.45, 2.75) is 58.2 Å². The van der Waals surface area contributed by atoms with Gasteiger partial charge in [0, 0.05) is 16.2 Å². The van der Waals surface area contributed by atoms with E-state index < -0.39 is 6.04 Å². The zero-order valence-electron chi connectivity index (χ0n) is 17.6. The van der Waals surface area contributed by atoms with Crippen molar-refractivity contribution >= 4 is 34.4 Å². The van der Waals surface area contributed by atoms with Crippen LogP contribution >= 0.6 is 22.6 Å². The molecular formula is C24H29IN2O3. The van der Waals surface area contributed by atoms with E-state index in [0.29, 0.717) is 12.3 Å². The first-order chi connectivity index (χ1) is 14.4. The molecule has 0 bridgehead atoms. The van der Waals surface area contributed by atoms with Crippen LogP contribution in [-0.4, -0.2) is 35.4 Å². The number of amides is 2. The molecule has 1 N–H and O–H groups in total. The Bertz CT molecular complexity index is 863. The quantitative estimate of drug-likeness (QED) is 0.524. The highest BCUT2D eigenvalue weighted by Gasteiger charge is 2.28. The smallest absolute Gasteiger partial charge is 0.261 e. The monoisotopic (exact) mass is 520 g/mol. The number of halogens is 1. The van der Waals surface area contributed by atoms with Gasteiger partial charge in [-0.3, -0.25) is 9.59 Å². The molecule has 0 unspecified atom stereocenters. The van der Waals surface area contributed by atoms with Gasteiger partial charge in [0.25, 0.3) is 5.91 Å². The number of benzene rings is 2. The molecule has 2 aromatic rings. The van der Waals surface area contributed by atoms with E-state index in [1.807, 2.05) is 55.5 Å². The molecule has 1 aliphatic rings. The zero-order valence-corrected chi connectivity index (χ0v) is 19.7. The molecule has 0 saturated heterocycles. The molecule has 3 rings (SSSR count). The molecule has 0 spiro atoms. The van der Waals surface area contributed by atoms with Crippen molar-refractivity contribution < 1.29 is 14.3 Å². The topological polar surface area (TPSA) is 58.6 Å². The van der Waals surface area contributed by atoms with Crippen LogP contribution in [0.15, 0.2) is 48.5 Å². The summed E-state index contributed by atoms with van der Waals surface area (Å²) < 4.78 is 6.80. The summed E-state index contributed by atoms with van der Waals surface area (Å²) in [7, 11) is 0. The summed E-state index contributed by atoms with van der Waals surface area (Å²) in [5, 5.41) is 3.12. The average Bonchev–Trinajstić information content (AvgIpc) is 3.24. The van der Waals surface area contributed by atoms with Crippen molar-refractivity contribution in [1.29, 1.82) is 0 Å². The standard InChI is InChI=1S/C24H29IN2O3/c1-17-6-5-7-19(14-17)15-27(18(2)24(29)26-21-8-3-4-9-21)23(28)16-30-22-12-10-20(25)11-13-22/h5-7,10-14,18,21H,3-4,8-9,15-16H2,1-2H3,(H,26,29)/t18-/m0/s1. The van der Waals surface area contributed by atoms with Crippen LogP contribution in [0.4, 0.5) is 0 Å². The number of carbonyl (C=O) groups excluding carboxylic acids is 2. The third kappa shape index (κ3) is 6.45. The van der Waals surface area contributed by atoms with Crippen LogP contribution in [0.1, 0.15) is 43.7 Å². The van der Waals surface area contributed by atoms with Gasteiger partial charge in [-0.15, -0.1) is 0 Å². The number of carbonyl (C=O) groups is 2. The first-order valence-electron chi connectivity index (χ1n) is 10.5. The molecule has 0 heterocycles. The Morgan fingerprint density at radius 2 is 1.87 bits per heavy atom. The normalized spacial score (nSPS) is 14.9. The van der Waals surface area contributed by atoms with E-state index >= 15 is 0 Å². The van der Waals surface area contributed by atoms with Crippen molar-refractivity contribution in [3.8, 4) is 5.75 Å². The van der Waals surface area contributed by atoms with Crippen molar-refractivity contribution in [3.63, 3.8) is 0 Å².